The van der Waals surface area contributed by atoms with Gasteiger partial charge in [0.1, 0.15) is 0 Å². The number of rotatable bonds is 5. The van der Waals surface area contributed by atoms with Gasteiger partial charge in [-0.3, -0.25) is 0 Å². The largest absolute Gasteiger partial charge is 0.326 e. The van der Waals surface area contributed by atoms with Gasteiger partial charge in [-0.15, -0.1) is 0 Å². The number of hydrogen-bond donors (Lipinski definition) is 2. The van der Waals surface area contributed by atoms with Crippen LogP contribution in [0, 0.1) is 17.8 Å². The zero-order chi connectivity index (χ0) is 13.9. The molecule has 1 aliphatic heterocycles. The maximum Gasteiger partial charge on any atom is 0.279 e. The molecule has 1 heterocycles. The Kier molecular flexibility index (Phi) is 5.58. The van der Waals surface area contributed by atoms with Gasteiger partial charge in [-0.2, -0.15) is 12.7 Å². The number of nitrogens with zero attached hydrogens (tertiary/aromatic N) is 1. The Morgan fingerprint density at radius 1 is 1.28 bits per heavy atom. The summed E-state index contributed by atoms with van der Waals surface area (Å²) in [5, 5.41) is 0. The first-order chi connectivity index (χ1) is 8.22. The molecule has 0 radical (unpaired) electrons. The van der Waals surface area contributed by atoms with Gasteiger partial charge >= 0.3 is 0 Å². The van der Waals surface area contributed by atoms with Gasteiger partial charge in [0, 0.05) is 25.7 Å². The molecule has 0 aromatic rings. The molecule has 6 heteroatoms. The molecule has 0 aliphatic carbocycles. The van der Waals surface area contributed by atoms with Crippen LogP contribution in [0.25, 0.3) is 0 Å². The summed E-state index contributed by atoms with van der Waals surface area (Å²) in [4.78, 5) is 0. The highest BCUT2D eigenvalue weighted by Gasteiger charge is 2.30. The summed E-state index contributed by atoms with van der Waals surface area (Å²) < 4.78 is 28.5. The third-order valence-electron chi connectivity index (χ3n) is 3.53. The second-order valence-electron chi connectivity index (χ2n) is 6.02. The number of piperidine rings is 1. The van der Waals surface area contributed by atoms with Crippen molar-refractivity contribution in [3.63, 3.8) is 0 Å². The topological polar surface area (TPSA) is 75.4 Å². The number of nitrogens with one attached hydrogen (secondary N) is 1. The second-order valence-corrected chi connectivity index (χ2v) is 7.78. The van der Waals surface area contributed by atoms with Crippen molar-refractivity contribution >= 4 is 10.2 Å². The Bertz CT molecular complexity index is 346. The van der Waals surface area contributed by atoms with Crippen molar-refractivity contribution < 1.29 is 8.42 Å². The lowest BCUT2D eigenvalue weighted by molar-refractivity contribution is 0.220. The van der Waals surface area contributed by atoms with Gasteiger partial charge in [-0.25, -0.2) is 4.72 Å². The molecule has 3 N–H and O–H groups in total. The van der Waals surface area contributed by atoms with Crippen LogP contribution in [0.1, 0.15) is 34.1 Å². The van der Waals surface area contributed by atoms with Crippen LogP contribution in [-0.4, -0.2) is 38.4 Å². The predicted molar refractivity (Wildman–Crippen MR) is 74.3 cm³/mol. The first kappa shape index (κ1) is 15.9. The van der Waals surface area contributed by atoms with Gasteiger partial charge in [-0.05, 0) is 24.2 Å². The van der Waals surface area contributed by atoms with E-state index in [9.17, 15) is 8.42 Å². The smallest absolute Gasteiger partial charge is 0.279 e. The van der Waals surface area contributed by atoms with E-state index in [2.05, 4.69) is 18.6 Å². The van der Waals surface area contributed by atoms with Gasteiger partial charge in [0.25, 0.3) is 10.2 Å². The van der Waals surface area contributed by atoms with Crippen molar-refractivity contribution in [3.8, 4) is 0 Å². The molecule has 0 bridgehead atoms. The molecule has 0 amide bonds. The molecular weight excluding hydrogens is 250 g/mol. The molecule has 108 valence electrons. The predicted octanol–water partition coefficient (Wildman–Crippen LogP) is 0.782. The van der Waals surface area contributed by atoms with E-state index in [1.165, 1.54) is 0 Å². The molecule has 1 rings (SSSR count). The molecule has 1 saturated heterocycles. The lowest BCUT2D eigenvalue weighted by Gasteiger charge is -2.34. The third-order valence-corrected chi connectivity index (χ3v) is 5.04. The summed E-state index contributed by atoms with van der Waals surface area (Å²) in [6.07, 6.45) is 1.09. The average molecular weight is 277 g/mol. The Balaban J connectivity index is 2.57. The summed E-state index contributed by atoms with van der Waals surface area (Å²) in [6, 6.07) is -0.139. The van der Waals surface area contributed by atoms with Gasteiger partial charge in [0.05, 0.1) is 0 Å². The minimum absolute atomic E-state index is 0.139. The second kappa shape index (κ2) is 6.32. The fraction of sp³-hybridized carbons (Fsp3) is 1.00. The third kappa shape index (κ3) is 4.50. The molecule has 5 nitrogen and oxygen atoms in total. The summed E-state index contributed by atoms with van der Waals surface area (Å²) in [5.41, 5.74) is 5.86. The lowest BCUT2D eigenvalue weighted by atomic mass is 9.94. The molecule has 0 aromatic carbocycles. The van der Waals surface area contributed by atoms with Crippen molar-refractivity contribution in [2.75, 3.05) is 19.6 Å². The molecule has 0 aromatic heterocycles. The van der Waals surface area contributed by atoms with Crippen molar-refractivity contribution in [2.24, 2.45) is 23.5 Å². The first-order valence-electron chi connectivity index (χ1n) is 6.72. The van der Waals surface area contributed by atoms with Crippen LogP contribution in [0.2, 0.25) is 0 Å². The minimum atomic E-state index is -3.37. The van der Waals surface area contributed by atoms with Crippen molar-refractivity contribution in [2.45, 2.75) is 40.2 Å². The summed E-state index contributed by atoms with van der Waals surface area (Å²) in [5.74, 6) is 1.11. The van der Waals surface area contributed by atoms with E-state index in [4.69, 9.17) is 5.73 Å². The Morgan fingerprint density at radius 3 is 2.22 bits per heavy atom. The van der Waals surface area contributed by atoms with E-state index >= 15 is 0 Å². The number of hydrogen-bond acceptors (Lipinski definition) is 3. The zero-order valence-electron chi connectivity index (χ0n) is 11.9. The Labute approximate surface area is 111 Å². The van der Waals surface area contributed by atoms with Crippen LogP contribution in [0.5, 0.6) is 0 Å². The van der Waals surface area contributed by atoms with Crippen molar-refractivity contribution in [1.82, 2.24) is 9.03 Å². The van der Waals surface area contributed by atoms with Gasteiger partial charge in [0.2, 0.25) is 0 Å². The van der Waals surface area contributed by atoms with E-state index in [-0.39, 0.29) is 12.0 Å². The molecule has 1 fully saturated rings. The van der Waals surface area contributed by atoms with E-state index in [0.29, 0.717) is 31.5 Å². The quantitative estimate of drug-likeness (QED) is 0.780. The summed E-state index contributed by atoms with van der Waals surface area (Å²) in [7, 11) is -3.37. The summed E-state index contributed by atoms with van der Waals surface area (Å²) >= 11 is 0. The fourth-order valence-corrected chi connectivity index (χ4v) is 3.82. The lowest BCUT2D eigenvalue weighted by Crippen LogP contribution is -2.50. The minimum Gasteiger partial charge on any atom is -0.326 e. The number of nitrogens with two attached hydrogens (primary N) is 1. The van der Waals surface area contributed by atoms with Crippen molar-refractivity contribution in [1.29, 1.82) is 0 Å². The normalized spacial score (nSPS) is 28.6. The molecular formula is C12H27N3O2S. The van der Waals surface area contributed by atoms with E-state index in [1.807, 2.05) is 13.8 Å². The van der Waals surface area contributed by atoms with Crippen LogP contribution in [0.4, 0.5) is 0 Å². The SMILES string of the molecule is CC1CC(C)CN(S(=O)(=O)NCC(N)C(C)C)C1. The maximum atomic E-state index is 12.2. The van der Waals surface area contributed by atoms with Crippen LogP contribution < -0.4 is 10.5 Å². The molecule has 18 heavy (non-hydrogen) atoms. The molecule has 1 aliphatic rings. The Morgan fingerprint density at radius 2 is 1.78 bits per heavy atom. The van der Waals surface area contributed by atoms with E-state index in [0.717, 1.165) is 6.42 Å². The highest BCUT2D eigenvalue weighted by molar-refractivity contribution is 7.87. The average Bonchev–Trinajstić information content (AvgIpc) is 2.24. The molecule has 0 spiro atoms. The standard InChI is InChI=1S/C12H27N3O2S/c1-9(2)12(13)6-14-18(16,17)15-7-10(3)5-11(4)8-15/h9-12,14H,5-8,13H2,1-4H3. The van der Waals surface area contributed by atoms with Gasteiger partial charge in [0.15, 0.2) is 0 Å². The maximum absolute atomic E-state index is 12.2. The van der Waals surface area contributed by atoms with Crippen LogP contribution >= 0.6 is 0 Å². The molecule has 3 atom stereocenters. The van der Waals surface area contributed by atoms with Crippen LogP contribution in [0.3, 0.4) is 0 Å². The molecule has 0 saturated carbocycles. The van der Waals surface area contributed by atoms with Crippen molar-refractivity contribution in [3.05, 3.63) is 0 Å². The fourth-order valence-electron chi connectivity index (χ4n) is 2.33. The van der Waals surface area contributed by atoms with E-state index < -0.39 is 10.2 Å². The monoisotopic (exact) mass is 277 g/mol. The first-order valence-corrected chi connectivity index (χ1v) is 8.16. The summed E-state index contributed by atoms with van der Waals surface area (Å²) in [6.45, 7) is 9.69. The van der Waals surface area contributed by atoms with E-state index in [1.54, 1.807) is 4.31 Å². The Hall–Kier alpha value is -0.170. The molecule has 3 unspecified atom stereocenters. The van der Waals surface area contributed by atoms with Crippen LogP contribution in [0.15, 0.2) is 0 Å². The van der Waals surface area contributed by atoms with Gasteiger partial charge in [-0.1, -0.05) is 27.7 Å². The zero-order valence-corrected chi connectivity index (χ0v) is 12.7. The highest BCUT2D eigenvalue weighted by Crippen LogP contribution is 2.22. The van der Waals surface area contributed by atoms with Gasteiger partial charge < -0.3 is 5.73 Å². The van der Waals surface area contributed by atoms with Crippen LogP contribution in [-0.2, 0) is 10.2 Å². The highest BCUT2D eigenvalue weighted by atomic mass is 32.2.